The molecule has 0 unspecified atom stereocenters. The molecule has 6 heteroatoms. The monoisotopic (exact) mass is 281 g/mol. The van der Waals surface area contributed by atoms with E-state index in [4.69, 9.17) is 0 Å². The van der Waals surface area contributed by atoms with Gasteiger partial charge in [-0.1, -0.05) is 12.1 Å². The van der Waals surface area contributed by atoms with Gasteiger partial charge in [0.2, 0.25) is 0 Å². The Hall–Kier alpha value is -1.69. The first-order valence-corrected chi connectivity index (χ1v) is 5.35. The molecule has 0 aliphatic carbocycles. The van der Waals surface area contributed by atoms with Gasteiger partial charge >= 0.3 is 0 Å². The van der Waals surface area contributed by atoms with Gasteiger partial charge in [-0.2, -0.15) is 0 Å². The smallest absolute Gasteiger partial charge is 0.283 e. The van der Waals surface area contributed by atoms with E-state index in [2.05, 4.69) is 20.9 Å². The number of imidazole rings is 1. The molecule has 0 fully saturated rings. The Bertz CT molecular complexity index is 511. The van der Waals surface area contributed by atoms with Gasteiger partial charge in [0.25, 0.3) is 5.69 Å². The first kappa shape index (κ1) is 10.8. The second kappa shape index (κ2) is 4.44. The summed E-state index contributed by atoms with van der Waals surface area (Å²) in [5, 5.41) is 10.7. The van der Waals surface area contributed by atoms with Crippen molar-refractivity contribution in [1.82, 2.24) is 9.55 Å². The fourth-order valence-electron chi connectivity index (χ4n) is 1.41. The molecule has 5 nitrogen and oxygen atoms in total. The predicted molar refractivity (Wildman–Crippen MR) is 62.1 cm³/mol. The van der Waals surface area contributed by atoms with Crippen LogP contribution < -0.4 is 0 Å². The molecular weight excluding hydrogens is 274 g/mol. The highest BCUT2D eigenvalue weighted by atomic mass is 79.9. The zero-order chi connectivity index (χ0) is 11.5. The van der Waals surface area contributed by atoms with Crippen LogP contribution in [0.2, 0.25) is 0 Å². The van der Waals surface area contributed by atoms with E-state index >= 15 is 0 Å². The number of benzene rings is 1. The molecule has 1 heterocycles. The molecule has 2 rings (SSSR count). The molecular formula is C10H8BrN3O2. The lowest BCUT2D eigenvalue weighted by molar-refractivity contribution is -0.385. The van der Waals surface area contributed by atoms with E-state index in [1.54, 1.807) is 18.6 Å². The van der Waals surface area contributed by atoms with Crippen LogP contribution in [0.1, 0.15) is 5.56 Å². The van der Waals surface area contributed by atoms with Crippen LogP contribution in [0.15, 0.2) is 41.4 Å². The van der Waals surface area contributed by atoms with Crippen LogP contribution in [0, 0.1) is 10.1 Å². The Morgan fingerprint density at radius 2 is 2.31 bits per heavy atom. The average Bonchev–Trinajstić information content (AvgIpc) is 2.73. The third-order valence-electron chi connectivity index (χ3n) is 2.17. The van der Waals surface area contributed by atoms with Crippen LogP contribution in [0.4, 0.5) is 5.69 Å². The Kier molecular flexibility index (Phi) is 3.00. The minimum Gasteiger partial charge on any atom is -0.333 e. The molecule has 0 aliphatic heterocycles. The molecule has 0 atom stereocenters. The van der Waals surface area contributed by atoms with Gasteiger partial charge < -0.3 is 4.57 Å². The van der Waals surface area contributed by atoms with Crippen molar-refractivity contribution in [1.29, 1.82) is 0 Å². The van der Waals surface area contributed by atoms with E-state index in [1.165, 1.54) is 6.07 Å². The predicted octanol–water partition coefficient (Wildman–Crippen LogP) is 2.60. The van der Waals surface area contributed by atoms with Crippen molar-refractivity contribution in [2.45, 2.75) is 6.54 Å². The van der Waals surface area contributed by atoms with E-state index in [0.717, 1.165) is 5.56 Å². The molecule has 82 valence electrons. The molecule has 0 bridgehead atoms. The van der Waals surface area contributed by atoms with Crippen LogP contribution in [-0.4, -0.2) is 14.5 Å². The molecule has 0 spiro atoms. The van der Waals surface area contributed by atoms with Gasteiger partial charge in [0.15, 0.2) is 0 Å². The maximum Gasteiger partial charge on any atom is 0.283 e. The van der Waals surface area contributed by atoms with Crippen molar-refractivity contribution in [2.24, 2.45) is 0 Å². The number of nitro benzene ring substituents is 1. The summed E-state index contributed by atoms with van der Waals surface area (Å²) < 4.78 is 2.37. The molecule has 2 aromatic rings. The maximum atomic E-state index is 10.7. The van der Waals surface area contributed by atoms with Crippen LogP contribution in [0.3, 0.4) is 0 Å². The summed E-state index contributed by atoms with van der Waals surface area (Å²) in [6.07, 6.45) is 5.15. The molecule has 0 aliphatic rings. The molecule has 0 saturated heterocycles. The fraction of sp³-hybridized carbons (Fsp3) is 0.100. The van der Waals surface area contributed by atoms with E-state index in [0.29, 0.717) is 11.0 Å². The topological polar surface area (TPSA) is 61.0 Å². The Balaban J connectivity index is 2.35. The lowest BCUT2D eigenvalue weighted by atomic mass is 10.2. The number of nitrogens with zero attached hydrogens (tertiary/aromatic N) is 3. The fourth-order valence-corrected chi connectivity index (χ4v) is 1.94. The van der Waals surface area contributed by atoms with Crippen molar-refractivity contribution in [3.8, 4) is 0 Å². The highest BCUT2D eigenvalue weighted by Gasteiger charge is 2.14. The third-order valence-corrected chi connectivity index (χ3v) is 3.08. The first-order valence-electron chi connectivity index (χ1n) is 4.56. The standard InChI is InChI=1S/C10H8BrN3O2/c11-10-8(6-13-5-4-12-7-13)2-1-3-9(10)14(15)16/h1-5,7H,6H2. The minimum absolute atomic E-state index is 0.0811. The molecule has 1 aromatic heterocycles. The summed E-state index contributed by atoms with van der Waals surface area (Å²) in [7, 11) is 0. The van der Waals surface area contributed by atoms with Gasteiger partial charge in [-0.3, -0.25) is 10.1 Å². The SMILES string of the molecule is O=[N+]([O-])c1cccc(Cn2ccnc2)c1Br. The molecule has 1 aromatic carbocycles. The number of hydrogen-bond donors (Lipinski definition) is 0. The van der Waals surface area contributed by atoms with Crippen molar-refractivity contribution < 1.29 is 4.92 Å². The van der Waals surface area contributed by atoms with E-state index in [-0.39, 0.29) is 5.69 Å². The van der Waals surface area contributed by atoms with Gasteiger partial charge in [0.05, 0.1) is 11.3 Å². The summed E-state index contributed by atoms with van der Waals surface area (Å²) in [5.41, 5.74) is 0.935. The maximum absolute atomic E-state index is 10.7. The summed E-state index contributed by atoms with van der Waals surface area (Å²) in [4.78, 5) is 14.3. The second-order valence-electron chi connectivity index (χ2n) is 3.24. The average molecular weight is 282 g/mol. The normalized spacial score (nSPS) is 10.3. The number of aromatic nitrogens is 2. The first-order chi connectivity index (χ1) is 7.68. The third kappa shape index (κ3) is 2.11. The van der Waals surface area contributed by atoms with E-state index in [9.17, 15) is 10.1 Å². The van der Waals surface area contributed by atoms with Crippen molar-refractivity contribution in [3.63, 3.8) is 0 Å². The molecule has 0 radical (unpaired) electrons. The number of hydrogen-bond acceptors (Lipinski definition) is 3. The number of rotatable bonds is 3. The minimum atomic E-state index is -0.401. The van der Waals surface area contributed by atoms with Crippen LogP contribution >= 0.6 is 15.9 Å². The Labute approximate surface area is 100 Å². The Morgan fingerprint density at radius 3 is 2.94 bits per heavy atom. The zero-order valence-electron chi connectivity index (χ0n) is 8.21. The van der Waals surface area contributed by atoms with Crippen molar-refractivity contribution in [2.75, 3.05) is 0 Å². The summed E-state index contributed by atoms with van der Waals surface area (Å²) in [5.74, 6) is 0. The molecule has 0 amide bonds. The number of nitro groups is 1. The van der Waals surface area contributed by atoms with E-state index < -0.39 is 4.92 Å². The van der Waals surface area contributed by atoms with Gasteiger partial charge in [0.1, 0.15) is 4.47 Å². The number of halogens is 1. The quantitative estimate of drug-likeness (QED) is 0.642. The highest BCUT2D eigenvalue weighted by Crippen LogP contribution is 2.28. The molecule has 16 heavy (non-hydrogen) atoms. The van der Waals surface area contributed by atoms with Crippen molar-refractivity contribution in [3.05, 3.63) is 57.1 Å². The van der Waals surface area contributed by atoms with Gasteiger partial charge in [0, 0.05) is 25.0 Å². The summed E-state index contributed by atoms with van der Waals surface area (Å²) in [6.45, 7) is 0.558. The van der Waals surface area contributed by atoms with Gasteiger partial charge in [-0.15, -0.1) is 0 Å². The van der Waals surface area contributed by atoms with Gasteiger partial charge in [-0.05, 0) is 21.5 Å². The molecule has 0 N–H and O–H groups in total. The molecule has 0 saturated carbocycles. The second-order valence-corrected chi connectivity index (χ2v) is 4.04. The lowest BCUT2D eigenvalue weighted by Gasteiger charge is -2.05. The Morgan fingerprint density at radius 1 is 1.50 bits per heavy atom. The lowest BCUT2D eigenvalue weighted by Crippen LogP contribution is -1.99. The van der Waals surface area contributed by atoms with Crippen molar-refractivity contribution >= 4 is 21.6 Å². The van der Waals surface area contributed by atoms with Crippen LogP contribution in [0.25, 0.3) is 0 Å². The van der Waals surface area contributed by atoms with Gasteiger partial charge in [-0.25, -0.2) is 4.98 Å². The van der Waals surface area contributed by atoms with E-state index in [1.807, 2.05) is 16.8 Å². The highest BCUT2D eigenvalue weighted by molar-refractivity contribution is 9.10. The summed E-state index contributed by atoms with van der Waals surface area (Å²) >= 11 is 3.25. The van der Waals surface area contributed by atoms with Crippen LogP contribution in [0.5, 0.6) is 0 Å². The summed E-state index contributed by atoms with van der Waals surface area (Å²) in [6, 6.07) is 4.99. The largest absolute Gasteiger partial charge is 0.333 e. The zero-order valence-corrected chi connectivity index (χ0v) is 9.79. The van der Waals surface area contributed by atoms with Crippen LogP contribution in [-0.2, 0) is 6.54 Å².